The molecule has 2 heterocycles. The molecule has 7 nitrogen and oxygen atoms in total. The maximum absolute atomic E-state index is 12.3. The van der Waals surface area contributed by atoms with Gasteiger partial charge in [-0.2, -0.15) is 0 Å². The number of sulfonamides is 1. The summed E-state index contributed by atoms with van der Waals surface area (Å²) in [4.78, 5) is 0. The van der Waals surface area contributed by atoms with Crippen LogP contribution in [0.3, 0.4) is 0 Å². The van der Waals surface area contributed by atoms with Crippen LogP contribution in [0.4, 0.5) is 5.69 Å². The molecule has 2 aliphatic heterocycles. The number of hydrogen-bond acceptors (Lipinski definition) is 6. The van der Waals surface area contributed by atoms with Crippen LogP contribution in [0.2, 0.25) is 0 Å². The number of benzene rings is 1. The predicted molar refractivity (Wildman–Crippen MR) is 93.9 cm³/mol. The number of nitrogens with two attached hydrogens (primary N) is 1. The zero-order valence-electron chi connectivity index (χ0n) is 13.7. The fourth-order valence-corrected chi connectivity index (χ4v) is 7.15. The second-order valence-electron chi connectivity index (χ2n) is 6.77. The van der Waals surface area contributed by atoms with E-state index in [0.717, 1.165) is 24.1 Å². The van der Waals surface area contributed by atoms with Gasteiger partial charge in [-0.05, 0) is 30.0 Å². The van der Waals surface area contributed by atoms with Gasteiger partial charge in [-0.3, -0.25) is 0 Å². The second-order valence-corrected chi connectivity index (χ2v) is 11.2. The van der Waals surface area contributed by atoms with Crippen LogP contribution in [0, 0.1) is 0 Å². The Labute approximate surface area is 143 Å². The Kier molecular flexibility index (Phi) is 4.40. The molecule has 1 saturated heterocycles. The summed E-state index contributed by atoms with van der Waals surface area (Å²) in [5.41, 5.74) is 8.98. The standard InChI is InChI=1S/C15H23N3O4S2/c1-23(19,20)11-24(21,22)18-6-4-15(5-7-18)10-17-14-3-2-12(9-16)8-13(14)15/h2-3,8,17H,4-7,9-11,16H2,1H3. The fraction of sp³-hybridized carbons (Fsp3) is 0.600. The lowest BCUT2D eigenvalue weighted by Crippen LogP contribution is -2.47. The summed E-state index contributed by atoms with van der Waals surface area (Å²) in [7, 11) is -7.34. The number of nitrogens with zero attached hydrogens (tertiary/aromatic N) is 1. The molecule has 0 saturated carbocycles. The maximum atomic E-state index is 12.3. The fourth-order valence-electron chi connectivity index (χ4n) is 3.65. The normalized spacial score (nSPS) is 20.8. The highest BCUT2D eigenvalue weighted by Gasteiger charge is 2.43. The first-order chi connectivity index (χ1) is 11.2. The molecule has 0 aliphatic carbocycles. The van der Waals surface area contributed by atoms with Crippen LogP contribution in [0.25, 0.3) is 0 Å². The van der Waals surface area contributed by atoms with E-state index in [9.17, 15) is 16.8 Å². The van der Waals surface area contributed by atoms with Crippen molar-refractivity contribution in [3.8, 4) is 0 Å². The summed E-state index contributed by atoms with van der Waals surface area (Å²) >= 11 is 0. The van der Waals surface area contributed by atoms with Crippen LogP contribution >= 0.6 is 0 Å². The van der Waals surface area contributed by atoms with Crippen LogP contribution in [0.1, 0.15) is 24.0 Å². The molecule has 24 heavy (non-hydrogen) atoms. The largest absolute Gasteiger partial charge is 0.384 e. The molecule has 134 valence electrons. The van der Waals surface area contributed by atoms with Crippen molar-refractivity contribution in [1.29, 1.82) is 0 Å². The lowest BCUT2D eigenvalue weighted by atomic mass is 9.74. The quantitative estimate of drug-likeness (QED) is 0.782. The minimum Gasteiger partial charge on any atom is -0.384 e. The van der Waals surface area contributed by atoms with Crippen molar-refractivity contribution in [1.82, 2.24) is 4.31 Å². The average molecular weight is 374 g/mol. The topological polar surface area (TPSA) is 110 Å². The zero-order chi connectivity index (χ0) is 17.6. The molecule has 3 rings (SSSR count). The van der Waals surface area contributed by atoms with E-state index in [1.807, 2.05) is 12.1 Å². The molecule has 9 heteroatoms. The highest BCUT2D eigenvalue weighted by molar-refractivity contribution is 8.06. The third-order valence-electron chi connectivity index (χ3n) is 4.94. The molecule has 0 bridgehead atoms. The van der Waals surface area contributed by atoms with Crippen LogP contribution in [0.5, 0.6) is 0 Å². The molecule has 0 unspecified atom stereocenters. The summed E-state index contributed by atoms with van der Waals surface area (Å²) in [6, 6.07) is 6.13. The van der Waals surface area contributed by atoms with E-state index < -0.39 is 24.9 Å². The number of piperidine rings is 1. The SMILES string of the molecule is CS(=O)(=O)CS(=O)(=O)N1CCC2(CC1)CNc1ccc(CN)cc12. The molecule has 1 spiro atoms. The Bertz CT molecular complexity index is 841. The van der Waals surface area contributed by atoms with E-state index in [4.69, 9.17) is 5.73 Å². The summed E-state index contributed by atoms with van der Waals surface area (Å²) in [6.45, 7) is 1.92. The number of hydrogen-bond donors (Lipinski definition) is 2. The molecular weight excluding hydrogens is 350 g/mol. The Morgan fingerprint density at radius 3 is 2.46 bits per heavy atom. The summed E-state index contributed by atoms with van der Waals surface area (Å²) in [5, 5.41) is 2.58. The van der Waals surface area contributed by atoms with Crippen molar-refractivity contribution in [3.05, 3.63) is 29.3 Å². The van der Waals surface area contributed by atoms with Gasteiger partial charge in [-0.25, -0.2) is 21.1 Å². The monoisotopic (exact) mass is 373 g/mol. The van der Waals surface area contributed by atoms with Gasteiger partial charge in [0.05, 0.1) is 0 Å². The van der Waals surface area contributed by atoms with E-state index in [2.05, 4.69) is 11.4 Å². The van der Waals surface area contributed by atoms with Gasteiger partial charge in [0.2, 0.25) is 10.0 Å². The first-order valence-electron chi connectivity index (χ1n) is 7.88. The number of sulfone groups is 1. The van der Waals surface area contributed by atoms with Crippen LogP contribution < -0.4 is 11.1 Å². The van der Waals surface area contributed by atoms with Gasteiger partial charge in [-0.15, -0.1) is 0 Å². The van der Waals surface area contributed by atoms with E-state index in [0.29, 0.717) is 32.5 Å². The molecule has 3 N–H and O–H groups in total. The summed E-state index contributed by atoms with van der Waals surface area (Å²) in [6.07, 6.45) is 2.29. The van der Waals surface area contributed by atoms with Gasteiger partial charge >= 0.3 is 0 Å². The molecule has 0 atom stereocenters. The number of nitrogens with one attached hydrogen (secondary N) is 1. The third kappa shape index (κ3) is 3.30. The smallest absolute Gasteiger partial charge is 0.228 e. The Morgan fingerprint density at radius 1 is 1.21 bits per heavy atom. The van der Waals surface area contributed by atoms with Gasteiger partial charge in [0, 0.05) is 43.5 Å². The lowest BCUT2D eigenvalue weighted by molar-refractivity contribution is 0.250. The Hall–Kier alpha value is -1.16. The van der Waals surface area contributed by atoms with Gasteiger partial charge in [0.1, 0.15) is 0 Å². The second kappa shape index (κ2) is 5.98. The molecular formula is C15H23N3O4S2. The van der Waals surface area contributed by atoms with Crippen molar-refractivity contribution in [2.45, 2.75) is 24.8 Å². The van der Waals surface area contributed by atoms with Crippen molar-refractivity contribution in [3.63, 3.8) is 0 Å². The minimum atomic E-state index is -3.77. The highest BCUT2D eigenvalue weighted by Crippen LogP contribution is 2.44. The Balaban J connectivity index is 1.80. The predicted octanol–water partition coefficient (Wildman–Crippen LogP) is 0.236. The van der Waals surface area contributed by atoms with E-state index in [-0.39, 0.29) is 5.41 Å². The maximum Gasteiger partial charge on any atom is 0.228 e. The molecule has 2 aliphatic rings. The summed E-state index contributed by atoms with van der Waals surface area (Å²) < 4.78 is 48.5. The van der Waals surface area contributed by atoms with Gasteiger partial charge < -0.3 is 11.1 Å². The zero-order valence-corrected chi connectivity index (χ0v) is 15.3. The van der Waals surface area contributed by atoms with Crippen LogP contribution in [0.15, 0.2) is 18.2 Å². The molecule has 0 radical (unpaired) electrons. The first kappa shape index (κ1) is 17.7. The van der Waals surface area contributed by atoms with Crippen molar-refractivity contribution >= 4 is 25.5 Å². The minimum absolute atomic E-state index is 0.0996. The molecule has 1 fully saturated rings. The number of fused-ring (bicyclic) bond motifs is 2. The van der Waals surface area contributed by atoms with Crippen LogP contribution in [-0.4, -0.2) is 52.1 Å². The van der Waals surface area contributed by atoms with E-state index >= 15 is 0 Å². The van der Waals surface area contributed by atoms with Crippen molar-refractivity contribution in [2.75, 3.05) is 36.3 Å². The highest BCUT2D eigenvalue weighted by atomic mass is 32.3. The Morgan fingerprint density at radius 2 is 1.88 bits per heavy atom. The van der Waals surface area contributed by atoms with Gasteiger partial charge in [0.15, 0.2) is 14.9 Å². The van der Waals surface area contributed by atoms with E-state index in [1.54, 1.807) is 0 Å². The van der Waals surface area contributed by atoms with Gasteiger partial charge in [-0.1, -0.05) is 12.1 Å². The molecule has 0 aromatic heterocycles. The molecule has 1 aromatic rings. The van der Waals surface area contributed by atoms with Crippen molar-refractivity contribution in [2.24, 2.45) is 5.73 Å². The first-order valence-corrected chi connectivity index (χ1v) is 11.6. The molecule has 0 amide bonds. The van der Waals surface area contributed by atoms with Gasteiger partial charge in [0.25, 0.3) is 0 Å². The lowest BCUT2D eigenvalue weighted by Gasteiger charge is -2.38. The third-order valence-corrected chi connectivity index (χ3v) is 9.00. The number of rotatable bonds is 4. The number of anilines is 1. The van der Waals surface area contributed by atoms with Crippen molar-refractivity contribution < 1.29 is 16.8 Å². The van der Waals surface area contributed by atoms with Crippen LogP contribution in [-0.2, 0) is 31.8 Å². The summed E-state index contributed by atoms with van der Waals surface area (Å²) in [5.74, 6) is 0. The molecule has 1 aromatic carbocycles. The average Bonchev–Trinajstić information content (AvgIpc) is 2.83. The van der Waals surface area contributed by atoms with E-state index in [1.165, 1.54) is 9.87 Å².